The molecule has 1 aliphatic carbocycles. The molecule has 1 saturated carbocycles. The van der Waals surface area contributed by atoms with Gasteiger partial charge in [0.15, 0.2) is 0 Å². The Kier molecular flexibility index (Phi) is 4.58. The fourth-order valence-electron chi connectivity index (χ4n) is 1.19. The van der Waals surface area contributed by atoms with Crippen LogP contribution in [0.15, 0.2) is 0 Å². The Bertz CT molecular complexity index is 264. The Morgan fingerprint density at radius 2 is 1.88 bits per heavy atom. The van der Waals surface area contributed by atoms with Crippen LogP contribution in [-0.2, 0) is 4.79 Å². The average Bonchev–Trinajstić information content (AvgIpc) is 3.00. The predicted octanol–water partition coefficient (Wildman–Crippen LogP) is 0.751. The van der Waals surface area contributed by atoms with Crippen molar-refractivity contribution in [2.24, 2.45) is 0 Å². The number of carbonyl (C=O) groups excluding carboxylic acids is 2. The minimum Gasteiger partial charge on any atom is -0.352 e. The molecule has 0 aromatic heterocycles. The van der Waals surface area contributed by atoms with Crippen molar-refractivity contribution in [2.75, 3.05) is 0 Å². The number of carbonyl (C=O) groups is 2. The van der Waals surface area contributed by atoms with E-state index in [1.807, 2.05) is 13.8 Å². The van der Waals surface area contributed by atoms with Gasteiger partial charge in [0.1, 0.15) is 6.04 Å². The lowest BCUT2D eigenvalue weighted by Gasteiger charge is -2.17. The van der Waals surface area contributed by atoms with Crippen molar-refractivity contribution in [3.63, 3.8) is 0 Å². The van der Waals surface area contributed by atoms with Gasteiger partial charge >= 0.3 is 6.03 Å². The highest BCUT2D eigenvalue weighted by molar-refractivity contribution is 5.86. The van der Waals surface area contributed by atoms with Gasteiger partial charge in [-0.2, -0.15) is 0 Å². The van der Waals surface area contributed by atoms with Crippen molar-refractivity contribution in [3.8, 4) is 0 Å². The van der Waals surface area contributed by atoms with Gasteiger partial charge in [-0.1, -0.05) is 6.92 Å². The van der Waals surface area contributed by atoms with Gasteiger partial charge in [-0.3, -0.25) is 4.79 Å². The molecule has 92 valence electrons. The molecule has 1 aliphatic rings. The van der Waals surface area contributed by atoms with E-state index >= 15 is 0 Å². The minimum absolute atomic E-state index is 0.139. The molecule has 1 fully saturated rings. The van der Waals surface area contributed by atoms with Crippen molar-refractivity contribution in [2.45, 2.75) is 58.2 Å². The Morgan fingerprint density at radius 3 is 2.38 bits per heavy atom. The standard InChI is InChI=1S/C11H21N3O2/c1-4-7(2)12-10(15)8(3)13-11(16)14-9-5-6-9/h7-9H,4-6H2,1-3H3,(H,12,15)(H2,13,14,16). The van der Waals surface area contributed by atoms with Gasteiger partial charge in [-0.25, -0.2) is 4.79 Å². The van der Waals surface area contributed by atoms with Crippen LogP contribution in [0.1, 0.15) is 40.0 Å². The molecule has 0 radical (unpaired) electrons. The predicted molar refractivity (Wildman–Crippen MR) is 62.0 cm³/mol. The second-order valence-electron chi connectivity index (χ2n) is 4.43. The van der Waals surface area contributed by atoms with Crippen molar-refractivity contribution in [1.82, 2.24) is 16.0 Å². The van der Waals surface area contributed by atoms with E-state index in [9.17, 15) is 9.59 Å². The third kappa shape index (κ3) is 4.51. The molecule has 0 spiro atoms. The molecule has 5 heteroatoms. The second kappa shape index (κ2) is 5.72. The molecular formula is C11H21N3O2. The van der Waals surface area contributed by atoms with Crippen LogP contribution in [0.4, 0.5) is 4.79 Å². The zero-order chi connectivity index (χ0) is 12.1. The maximum atomic E-state index is 11.6. The summed E-state index contributed by atoms with van der Waals surface area (Å²) in [6, 6.07) is -0.296. The molecule has 3 amide bonds. The Morgan fingerprint density at radius 1 is 1.25 bits per heavy atom. The highest BCUT2D eigenvalue weighted by Crippen LogP contribution is 2.18. The normalized spacial score (nSPS) is 18.4. The zero-order valence-corrected chi connectivity index (χ0v) is 10.2. The van der Waals surface area contributed by atoms with Gasteiger partial charge in [-0.15, -0.1) is 0 Å². The van der Waals surface area contributed by atoms with Gasteiger partial charge in [0.2, 0.25) is 5.91 Å². The summed E-state index contributed by atoms with van der Waals surface area (Å²) >= 11 is 0. The van der Waals surface area contributed by atoms with E-state index in [2.05, 4.69) is 16.0 Å². The highest BCUT2D eigenvalue weighted by atomic mass is 16.2. The van der Waals surface area contributed by atoms with E-state index in [4.69, 9.17) is 0 Å². The first-order valence-corrected chi connectivity index (χ1v) is 5.90. The van der Waals surface area contributed by atoms with Crippen molar-refractivity contribution >= 4 is 11.9 Å². The first-order valence-electron chi connectivity index (χ1n) is 5.90. The Labute approximate surface area is 96.4 Å². The highest BCUT2D eigenvalue weighted by Gasteiger charge is 2.24. The van der Waals surface area contributed by atoms with Crippen LogP contribution in [-0.4, -0.2) is 30.1 Å². The molecule has 0 saturated heterocycles. The SMILES string of the molecule is CCC(C)NC(=O)C(C)NC(=O)NC1CC1. The van der Waals surface area contributed by atoms with Crippen LogP contribution < -0.4 is 16.0 Å². The van der Waals surface area contributed by atoms with Gasteiger partial charge in [0.05, 0.1) is 0 Å². The van der Waals surface area contributed by atoms with Crippen molar-refractivity contribution in [1.29, 1.82) is 0 Å². The van der Waals surface area contributed by atoms with Crippen LogP contribution in [0.25, 0.3) is 0 Å². The molecule has 0 bridgehead atoms. The number of hydrogen-bond donors (Lipinski definition) is 3. The van der Waals surface area contributed by atoms with Crippen LogP contribution in [0.2, 0.25) is 0 Å². The smallest absolute Gasteiger partial charge is 0.315 e. The third-order valence-electron chi connectivity index (χ3n) is 2.65. The summed E-state index contributed by atoms with van der Waals surface area (Å²) in [5.74, 6) is -0.139. The van der Waals surface area contributed by atoms with Crippen LogP contribution in [0, 0.1) is 0 Å². The van der Waals surface area contributed by atoms with Crippen LogP contribution >= 0.6 is 0 Å². The van der Waals surface area contributed by atoms with Gasteiger partial charge in [0, 0.05) is 12.1 Å². The Hall–Kier alpha value is -1.26. The fraction of sp³-hybridized carbons (Fsp3) is 0.818. The lowest BCUT2D eigenvalue weighted by atomic mass is 10.2. The molecule has 2 atom stereocenters. The molecule has 2 unspecified atom stereocenters. The number of rotatable bonds is 5. The van der Waals surface area contributed by atoms with Gasteiger partial charge < -0.3 is 16.0 Å². The third-order valence-corrected chi connectivity index (χ3v) is 2.65. The molecule has 0 heterocycles. The topological polar surface area (TPSA) is 70.2 Å². The van der Waals surface area contributed by atoms with E-state index in [0.717, 1.165) is 19.3 Å². The monoisotopic (exact) mass is 227 g/mol. The summed E-state index contributed by atoms with van der Waals surface area (Å²) in [5, 5.41) is 8.22. The van der Waals surface area contributed by atoms with Gasteiger partial charge in [0.25, 0.3) is 0 Å². The summed E-state index contributed by atoms with van der Waals surface area (Å²) in [6.07, 6.45) is 2.97. The largest absolute Gasteiger partial charge is 0.352 e. The maximum Gasteiger partial charge on any atom is 0.315 e. The first-order chi connectivity index (χ1) is 7.52. The molecule has 0 aliphatic heterocycles. The zero-order valence-electron chi connectivity index (χ0n) is 10.2. The number of amides is 3. The summed E-state index contributed by atoms with van der Waals surface area (Å²) in [6.45, 7) is 5.63. The van der Waals surface area contributed by atoms with E-state index in [0.29, 0.717) is 6.04 Å². The van der Waals surface area contributed by atoms with E-state index in [1.54, 1.807) is 6.92 Å². The number of nitrogens with one attached hydrogen (secondary N) is 3. The van der Waals surface area contributed by atoms with Crippen molar-refractivity contribution < 1.29 is 9.59 Å². The molecular weight excluding hydrogens is 206 g/mol. The first kappa shape index (κ1) is 12.8. The molecule has 3 N–H and O–H groups in total. The lowest BCUT2D eigenvalue weighted by Crippen LogP contribution is -2.50. The van der Waals surface area contributed by atoms with Crippen molar-refractivity contribution in [3.05, 3.63) is 0 Å². The minimum atomic E-state index is -0.493. The van der Waals surface area contributed by atoms with Crippen LogP contribution in [0.5, 0.6) is 0 Å². The molecule has 1 rings (SSSR count). The van der Waals surface area contributed by atoms with E-state index in [-0.39, 0.29) is 18.0 Å². The van der Waals surface area contributed by atoms with E-state index < -0.39 is 6.04 Å². The number of urea groups is 1. The summed E-state index contributed by atoms with van der Waals surface area (Å²) in [4.78, 5) is 23.0. The van der Waals surface area contributed by atoms with E-state index in [1.165, 1.54) is 0 Å². The molecule has 0 aromatic carbocycles. The fourth-order valence-corrected chi connectivity index (χ4v) is 1.19. The summed E-state index contributed by atoms with van der Waals surface area (Å²) in [5.41, 5.74) is 0. The second-order valence-corrected chi connectivity index (χ2v) is 4.43. The molecule has 16 heavy (non-hydrogen) atoms. The quantitative estimate of drug-likeness (QED) is 0.648. The molecule has 5 nitrogen and oxygen atoms in total. The average molecular weight is 227 g/mol. The Balaban J connectivity index is 2.23. The molecule has 0 aromatic rings. The maximum absolute atomic E-state index is 11.6. The number of hydrogen-bond acceptors (Lipinski definition) is 2. The lowest BCUT2D eigenvalue weighted by molar-refractivity contribution is -0.123. The summed E-state index contributed by atoms with van der Waals surface area (Å²) in [7, 11) is 0. The van der Waals surface area contributed by atoms with Crippen LogP contribution in [0.3, 0.4) is 0 Å². The summed E-state index contributed by atoms with van der Waals surface area (Å²) < 4.78 is 0. The van der Waals surface area contributed by atoms with Gasteiger partial charge in [-0.05, 0) is 33.1 Å².